The van der Waals surface area contributed by atoms with Gasteiger partial charge >= 0.3 is 0 Å². The first-order chi connectivity index (χ1) is 5.33. The van der Waals surface area contributed by atoms with E-state index in [-0.39, 0.29) is 0 Å². The fourth-order valence-corrected chi connectivity index (χ4v) is 1.22. The van der Waals surface area contributed by atoms with Crippen LogP contribution in [0.4, 0.5) is 0 Å². The van der Waals surface area contributed by atoms with Crippen molar-refractivity contribution >= 4 is 22.6 Å². The summed E-state index contributed by atoms with van der Waals surface area (Å²) in [5.41, 5.74) is 5.30. The van der Waals surface area contributed by atoms with Crippen molar-refractivity contribution in [3.05, 3.63) is 21.7 Å². The molecule has 0 aliphatic carbocycles. The molecule has 0 bridgehead atoms. The van der Waals surface area contributed by atoms with Crippen molar-refractivity contribution in [2.75, 3.05) is 13.1 Å². The molecule has 0 amide bonds. The maximum absolute atomic E-state index is 5.31. The van der Waals surface area contributed by atoms with Crippen LogP contribution >= 0.6 is 22.6 Å². The minimum absolute atomic E-state index is 0.664. The molecule has 3 nitrogen and oxygen atoms in total. The monoisotopic (exact) mass is 266 g/mol. The standard InChI is InChI=1S/C7H11IN2O/c8-7-2-1-6(11-7)5-10-4-3-9/h1-2,10H,3-5,9H2. The summed E-state index contributed by atoms with van der Waals surface area (Å²) < 4.78 is 6.24. The highest BCUT2D eigenvalue weighted by atomic mass is 127. The maximum atomic E-state index is 5.31. The molecule has 4 heteroatoms. The first kappa shape index (κ1) is 9.02. The Kier molecular flexibility index (Phi) is 3.88. The molecule has 0 spiro atoms. The largest absolute Gasteiger partial charge is 0.454 e. The van der Waals surface area contributed by atoms with Crippen LogP contribution in [0.2, 0.25) is 0 Å². The van der Waals surface area contributed by atoms with Gasteiger partial charge in [0.15, 0.2) is 3.77 Å². The molecule has 1 aromatic rings. The predicted octanol–water partition coefficient (Wildman–Crippen LogP) is 0.932. The number of halogens is 1. The van der Waals surface area contributed by atoms with Crippen molar-refractivity contribution < 1.29 is 4.42 Å². The molecular weight excluding hydrogens is 255 g/mol. The Morgan fingerprint density at radius 3 is 2.91 bits per heavy atom. The second kappa shape index (κ2) is 4.74. The van der Waals surface area contributed by atoms with Gasteiger partial charge in [-0.05, 0) is 34.7 Å². The quantitative estimate of drug-likeness (QED) is 0.629. The summed E-state index contributed by atoms with van der Waals surface area (Å²) in [6.45, 7) is 2.26. The van der Waals surface area contributed by atoms with E-state index in [0.717, 1.165) is 22.6 Å². The van der Waals surface area contributed by atoms with E-state index in [1.165, 1.54) is 0 Å². The lowest BCUT2D eigenvalue weighted by Crippen LogP contribution is -2.21. The van der Waals surface area contributed by atoms with E-state index in [0.29, 0.717) is 6.54 Å². The van der Waals surface area contributed by atoms with Gasteiger partial charge < -0.3 is 15.5 Å². The molecule has 1 aromatic heterocycles. The zero-order valence-electron chi connectivity index (χ0n) is 6.14. The van der Waals surface area contributed by atoms with Crippen LogP contribution in [-0.2, 0) is 6.54 Å². The molecule has 1 rings (SSSR count). The van der Waals surface area contributed by atoms with Crippen LogP contribution in [0.1, 0.15) is 5.76 Å². The summed E-state index contributed by atoms with van der Waals surface area (Å²) >= 11 is 2.14. The van der Waals surface area contributed by atoms with E-state index in [2.05, 4.69) is 27.9 Å². The van der Waals surface area contributed by atoms with E-state index in [4.69, 9.17) is 10.2 Å². The van der Waals surface area contributed by atoms with Crippen LogP contribution in [0.5, 0.6) is 0 Å². The summed E-state index contributed by atoms with van der Waals surface area (Å²) in [7, 11) is 0. The molecule has 0 atom stereocenters. The first-order valence-corrected chi connectivity index (χ1v) is 4.56. The Hall–Kier alpha value is -0.0700. The Bertz CT molecular complexity index is 212. The fraction of sp³-hybridized carbons (Fsp3) is 0.429. The lowest BCUT2D eigenvalue weighted by molar-refractivity contribution is 0.465. The summed E-state index contributed by atoms with van der Waals surface area (Å²) in [6, 6.07) is 3.91. The minimum Gasteiger partial charge on any atom is -0.454 e. The average molecular weight is 266 g/mol. The summed E-state index contributed by atoms with van der Waals surface area (Å²) in [5.74, 6) is 0.961. The molecule has 1 heterocycles. The number of hydrogen-bond acceptors (Lipinski definition) is 3. The Morgan fingerprint density at radius 2 is 2.36 bits per heavy atom. The highest BCUT2D eigenvalue weighted by Crippen LogP contribution is 2.09. The number of rotatable bonds is 4. The Labute approximate surface area is 79.5 Å². The topological polar surface area (TPSA) is 51.2 Å². The molecule has 11 heavy (non-hydrogen) atoms. The molecule has 0 fully saturated rings. The van der Waals surface area contributed by atoms with Gasteiger partial charge in [0.2, 0.25) is 0 Å². The second-order valence-electron chi connectivity index (χ2n) is 2.17. The van der Waals surface area contributed by atoms with E-state index >= 15 is 0 Å². The summed E-state index contributed by atoms with van der Waals surface area (Å²) in [4.78, 5) is 0. The van der Waals surface area contributed by atoms with Gasteiger partial charge in [-0.2, -0.15) is 0 Å². The maximum Gasteiger partial charge on any atom is 0.164 e. The van der Waals surface area contributed by atoms with Gasteiger partial charge in [0.1, 0.15) is 5.76 Å². The molecule has 0 radical (unpaired) electrons. The van der Waals surface area contributed by atoms with Crippen LogP contribution in [-0.4, -0.2) is 13.1 Å². The third-order valence-electron chi connectivity index (χ3n) is 1.25. The number of nitrogens with one attached hydrogen (secondary N) is 1. The van der Waals surface area contributed by atoms with Gasteiger partial charge in [-0.1, -0.05) is 0 Å². The highest BCUT2D eigenvalue weighted by Gasteiger charge is 1.96. The van der Waals surface area contributed by atoms with Gasteiger partial charge in [0.25, 0.3) is 0 Å². The number of furan rings is 1. The summed E-state index contributed by atoms with van der Waals surface area (Å²) in [5, 5.41) is 3.14. The molecule has 0 saturated heterocycles. The van der Waals surface area contributed by atoms with Crippen molar-refractivity contribution in [3.8, 4) is 0 Å². The lowest BCUT2D eigenvalue weighted by atomic mass is 10.4. The van der Waals surface area contributed by atoms with E-state index in [9.17, 15) is 0 Å². The second-order valence-corrected chi connectivity index (χ2v) is 3.23. The smallest absolute Gasteiger partial charge is 0.164 e. The van der Waals surface area contributed by atoms with Crippen molar-refractivity contribution in [2.45, 2.75) is 6.54 Å². The van der Waals surface area contributed by atoms with Gasteiger partial charge in [-0.25, -0.2) is 0 Å². The first-order valence-electron chi connectivity index (χ1n) is 3.48. The lowest BCUT2D eigenvalue weighted by Gasteiger charge is -1.97. The van der Waals surface area contributed by atoms with Crippen LogP contribution in [0.15, 0.2) is 16.5 Å². The SMILES string of the molecule is NCCNCc1ccc(I)o1. The normalized spacial score (nSPS) is 10.4. The predicted molar refractivity (Wildman–Crippen MR) is 52.2 cm³/mol. The van der Waals surface area contributed by atoms with Crippen molar-refractivity contribution in [3.63, 3.8) is 0 Å². The fourth-order valence-electron chi connectivity index (χ4n) is 0.760. The van der Waals surface area contributed by atoms with Crippen LogP contribution < -0.4 is 11.1 Å². The molecule has 3 N–H and O–H groups in total. The average Bonchev–Trinajstić information content (AvgIpc) is 2.37. The molecule has 0 unspecified atom stereocenters. The summed E-state index contributed by atoms with van der Waals surface area (Å²) in [6.07, 6.45) is 0. The van der Waals surface area contributed by atoms with Crippen molar-refractivity contribution in [1.82, 2.24) is 5.32 Å². The molecule has 0 aliphatic heterocycles. The van der Waals surface area contributed by atoms with Crippen molar-refractivity contribution in [1.29, 1.82) is 0 Å². The zero-order valence-corrected chi connectivity index (χ0v) is 8.30. The third kappa shape index (κ3) is 3.22. The van der Waals surface area contributed by atoms with Crippen LogP contribution in [0.3, 0.4) is 0 Å². The van der Waals surface area contributed by atoms with Gasteiger partial charge in [0.05, 0.1) is 6.54 Å². The minimum atomic E-state index is 0.664. The Balaban J connectivity index is 2.27. The molecule has 0 saturated carbocycles. The third-order valence-corrected chi connectivity index (χ3v) is 1.83. The molecule has 0 aliphatic rings. The molecule has 0 aromatic carbocycles. The number of hydrogen-bond donors (Lipinski definition) is 2. The van der Waals surface area contributed by atoms with E-state index in [1.807, 2.05) is 12.1 Å². The van der Waals surface area contributed by atoms with E-state index < -0.39 is 0 Å². The van der Waals surface area contributed by atoms with Crippen LogP contribution in [0, 0.1) is 3.77 Å². The van der Waals surface area contributed by atoms with Crippen molar-refractivity contribution in [2.24, 2.45) is 5.73 Å². The van der Waals surface area contributed by atoms with Crippen LogP contribution in [0.25, 0.3) is 0 Å². The zero-order chi connectivity index (χ0) is 8.10. The van der Waals surface area contributed by atoms with E-state index in [1.54, 1.807) is 0 Å². The molecular formula is C7H11IN2O. The number of nitrogens with two attached hydrogens (primary N) is 1. The van der Waals surface area contributed by atoms with Gasteiger partial charge in [-0.3, -0.25) is 0 Å². The molecule has 62 valence electrons. The van der Waals surface area contributed by atoms with Gasteiger partial charge in [0, 0.05) is 13.1 Å². The van der Waals surface area contributed by atoms with Gasteiger partial charge in [-0.15, -0.1) is 0 Å². The highest BCUT2D eigenvalue weighted by molar-refractivity contribution is 14.1. The Morgan fingerprint density at radius 1 is 1.55 bits per heavy atom.